The number of methoxy groups -OCH3 is 2. The average molecular weight is 534 g/mol. The van der Waals surface area contributed by atoms with E-state index in [2.05, 4.69) is 5.32 Å². The molecule has 0 aromatic heterocycles. The van der Waals surface area contributed by atoms with Crippen LogP contribution in [0.4, 0.5) is 5.69 Å². The number of anilines is 1. The average Bonchev–Trinajstić information content (AvgIpc) is 2.83. The number of amides is 2. The van der Waals surface area contributed by atoms with Gasteiger partial charge in [-0.15, -0.1) is 0 Å². The lowest BCUT2D eigenvalue weighted by Gasteiger charge is -2.32. The SMILES string of the molecule is COc1ccc(CN(C(=O)CCCN(c2ccccc2OC)S(C)(=O)=O)[C@@H](C)C(=O)NC(C)(C)C)cc1. The highest BCUT2D eigenvalue weighted by atomic mass is 32.2. The third-order valence-corrected chi connectivity index (χ3v) is 6.86. The number of carbonyl (C=O) groups is 2. The third kappa shape index (κ3) is 8.96. The van der Waals surface area contributed by atoms with Crippen LogP contribution in [0.1, 0.15) is 46.1 Å². The smallest absolute Gasteiger partial charge is 0.242 e. The molecule has 0 spiro atoms. The van der Waals surface area contributed by atoms with Gasteiger partial charge in [-0.25, -0.2) is 8.42 Å². The second-order valence-corrected chi connectivity index (χ2v) is 11.8. The highest BCUT2D eigenvalue weighted by Gasteiger charge is 2.29. The van der Waals surface area contributed by atoms with Crippen molar-refractivity contribution in [3.8, 4) is 11.5 Å². The quantitative estimate of drug-likeness (QED) is 0.447. The van der Waals surface area contributed by atoms with Crippen LogP contribution >= 0.6 is 0 Å². The number of sulfonamides is 1. The molecule has 0 aliphatic heterocycles. The van der Waals surface area contributed by atoms with Gasteiger partial charge in [0, 0.05) is 25.0 Å². The molecule has 2 aromatic rings. The van der Waals surface area contributed by atoms with Gasteiger partial charge in [0.25, 0.3) is 0 Å². The number of carbonyl (C=O) groups excluding carboxylic acids is 2. The molecule has 0 unspecified atom stereocenters. The number of ether oxygens (including phenoxy) is 2. The van der Waals surface area contributed by atoms with Crippen molar-refractivity contribution in [3.05, 3.63) is 54.1 Å². The molecule has 2 aromatic carbocycles. The van der Waals surface area contributed by atoms with Gasteiger partial charge < -0.3 is 19.7 Å². The van der Waals surface area contributed by atoms with Gasteiger partial charge in [-0.3, -0.25) is 13.9 Å². The van der Waals surface area contributed by atoms with Crippen LogP contribution in [-0.4, -0.2) is 63.7 Å². The number of nitrogens with one attached hydrogen (secondary N) is 1. The van der Waals surface area contributed by atoms with E-state index in [0.29, 0.717) is 17.2 Å². The molecular weight excluding hydrogens is 494 g/mol. The van der Waals surface area contributed by atoms with Gasteiger partial charge in [0.2, 0.25) is 21.8 Å². The standard InChI is InChI=1S/C27H39N3O6S/c1-20(26(32)28-27(2,3)4)29(19-21-14-16-22(35-5)17-15-21)25(31)13-10-18-30(37(7,33)34)23-11-8-9-12-24(23)36-6/h8-9,11-12,14-17,20H,10,13,18-19H2,1-7H3,(H,28,32)/t20-/m0/s1. The highest BCUT2D eigenvalue weighted by molar-refractivity contribution is 7.92. The van der Waals surface area contributed by atoms with Crippen LogP contribution in [0.25, 0.3) is 0 Å². The lowest BCUT2D eigenvalue weighted by molar-refractivity contribution is -0.141. The van der Waals surface area contributed by atoms with E-state index in [-0.39, 0.29) is 37.7 Å². The topological polar surface area (TPSA) is 105 Å². The van der Waals surface area contributed by atoms with Gasteiger partial charge >= 0.3 is 0 Å². The van der Waals surface area contributed by atoms with Crippen LogP contribution in [0, 0.1) is 0 Å². The molecule has 2 amide bonds. The van der Waals surface area contributed by atoms with E-state index < -0.39 is 21.6 Å². The zero-order valence-electron chi connectivity index (χ0n) is 22.8. The fourth-order valence-corrected chi connectivity index (χ4v) is 4.77. The van der Waals surface area contributed by atoms with E-state index >= 15 is 0 Å². The molecule has 37 heavy (non-hydrogen) atoms. The highest BCUT2D eigenvalue weighted by Crippen LogP contribution is 2.29. The van der Waals surface area contributed by atoms with Gasteiger partial charge in [0.15, 0.2) is 0 Å². The Balaban J connectivity index is 2.22. The Hall–Kier alpha value is -3.27. The number of hydrogen-bond acceptors (Lipinski definition) is 6. The van der Waals surface area contributed by atoms with Crippen LogP contribution in [0.15, 0.2) is 48.5 Å². The van der Waals surface area contributed by atoms with E-state index in [9.17, 15) is 18.0 Å². The molecule has 2 rings (SSSR count). The van der Waals surface area contributed by atoms with Crippen molar-refractivity contribution in [1.82, 2.24) is 10.2 Å². The first-order chi connectivity index (χ1) is 17.3. The third-order valence-electron chi connectivity index (χ3n) is 5.68. The van der Waals surface area contributed by atoms with Gasteiger partial charge in [0.1, 0.15) is 17.5 Å². The van der Waals surface area contributed by atoms with Crippen LogP contribution in [0.5, 0.6) is 11.5 Å². The Kier molecular flexibility index (Phi) is 10.4. The number of rotatable bonds is 12. The minimum atomic E-state index is -3.62. The molecule has 0 aliphatic rings. The summed E-state index contributed by atoms with van der Waals surface area (Å²) in [5.41, 5.74) is 0.801. The number of benzene rings is 2. The molecule has 0 fully saturated rings. The second kappa shape index (κ2) is 12.8. The molecule has 10 heteroatoms. The first-order valence-electron chi connectivity index (χ1n) is 12.1. The predicted octanol–water partition coefficient (Wildman–Crippen LogP) is 3.58. The molecule has 204 valence electrons. The molecule has 0 bridgehead atoms. The van der Waals surface area contributed by atoms with Crippen LogP contribution in [0.2, 0.25) is 0 Å². The van der Waals surface area contributed by atoms with Gasteiger partial charge in [-0.05, 0) is 63.9 Å². The lowest BCUT2D eigenvalue weighted by atomic mass is 10.1. The largest absolute Gasteiger partial charge is 0.497 e. The Morgan fingerprint density at radius 1 is 1.00 bits per heavy atom. The first-order valence-corrected chi connectivity index (χ1v) is 14.0. The summed E-state index contributed by atoms with van der Waals surface area (Å²) in [5.74, 6) is 0.604. The Morgan fingerprint density at radius 2 is 1.62 bits per heavy atom. The van der Waals surface area contributed by atoms with Gasteiger partial charge in [-0.2, -0.15) is 0 Å². The number of nitrogens with zero attached hydrogens (tertiary/aromatic N) is 2. The summed E-state index contributed by atoms with van der Waals surface area (Å²) in [6.07, 6.45) is 1.44. The van der Waals surface area contributed by atoms with E-state index in [1.165, 1.54) is 16.3 Å². The Bertz CT molecular complexity index is 1160. The summed E-state index contributed by atoms with van der Waals surface area (Å²) < 4.78 is 36.9. The Labute approximate surface area is 220 Å². The van der Waals surface area contributed by atoms with Crippen LogP contribution < -0.4 is 19.1 Å². The zero-order chi connectivity index (χ0) is 27.8. The minimum Gasteiger partial charge on any atom is -0.497 e. The Morgan fingerprint density at radius 3 is 2.16 bits per heavy atom. The van der Waals surface area contributed by atoms with Crippen molar-refractivity contribution in [3.63, 3.8) is 0 Å². The molecule has 0 heterocycles. The predicted molar refractivity (Wildman–Crippen MR) is 145 cm³/mol. The van der Waals surface area contributed by atoms with E-state index in [0.717, 1.165) is 11.8 Å². The van der Waals surface area contributed by atoms with E-state index in [4.69, 9.17) is 9.47 Å². The van der Waals surface area contributed by atoms with Gasteiger partial charge in [0.05, 0.1) is 26.2 Å². The molecule has 0 saturated heterocycles. The van der Waals surface area contributed by atoms with Crippen molar-refractivity contribution in [1.29, 1.82) is 0 Å². The molecule has 1 atom stereocenters. The summed E-state index contributed by atoms with van der Waals surface area (Å²) in [6, 6.07) is 13.4. The van der Waals surface area contributed by atoms with Gasteiger partial charge in [-0.1, -0.05) is 24.3 Å². The van der Waals surface area contributed by atoms with Crippen LogP contribution in [0.3, 0.4) is 0 Å². The van der Waals surface area contributed by atoms with Crippen molar-refractivity contribution >= 4 is 27.5 Å². The lowest BCUT2D eigenvalue weighted by Crippen LogP contribution is -2.52. The van der Waals surface area contributed by atoms with Crippen molar-refractivity contribution in [2.75, 3.05) is 31.3 Å². The van der Waals surface area contributed by atoms with Crippen LogP contribution in [-0.2, 0) is 26.2 Å². The first kappa shape index (κ1) is 30.0. The molecular formula is C27H39N3O6S. The normalized spacial score (nSPS) is 12.4. The van der Waals surface area contributed by atoms with E-state index in [1.807, 2.05) is 32.9 Å². The molecule has 0 radical (unpaired) electrons. The summed E-state index contributed by atoms with van der Waals surface area (Å²) in [7, 11) is -0.568. The molecule has 0 saturated carbocycles. The second-order valence-electron chi connectivity index (χ2n) is 9.90. The maximum absolute atomic E-state index is 13.4. The monoisotopic (exact) mass is 533 g/mol. The van der Waals surface area contributed by atoms with E-state index in [1.54, 1.807) is 50.4 Å². The maximum atomic E-state index is 13.4. The minimum absolute atomic E-state index is 0.0600. The number of para-hydroxylation sites is 2. The summed E-state index contributed by atoms with van der Waals surface area (Å²) in [6.45, 7) is 7.65. The fourth-order valence-electron chi connectivity index (χ4n) is 3.80. The summed E-state index contributed by atoms with van der Waals surface area (Å²) in [4.78, 5) is 27.9. The maximum Gasteiger partial charge on any atom is 0.242 e. The van der Waals surface area contributed by atoms with Crippen molar-refractivity contribution in [2.24, 2.45) is 0 Å². The van der Waals surface area contributed by atoms with Crippen molar-refractivity contribution < 1.29 is 27.5 Å². The summed E-state index contributed by atoms with van der Waals surface area (Å²) in [5, 5.41) is 2.93. The number of hydrogen-bond donors (Lipinski definition) is 1. The molecule has 1 N–H and O–H groups in total. The zero-order valence-corrected chi connectivity index (χ0v) is 23.6. The summed E-state index contributed by atoms with van der Waals surface area (Å²) >= 11 is 0. The fraction of sp³-hybridized carbons (Fsp3) is 0.481. The molecule has 0 aliphatic carbocycles. The molecule has 9 nitrogen and oxygen atoms in total. The van der Waals surface area contributed by atoms with Crippen molar-refractivity contribution in [2.45, 2.75) is 58.7 Å².